The van der Waals surface area contributed by atoms with Crippen LogP contribution in [-0.4, -0.2) is 23.8 Å². The molecule has 0 aromatic carbocycles. The summed E-state index contributed by atoms with van der Waals surface area (Å²) >= 11 is 0. The van der Waals surface area contributed by atoms with Crippen LogP contribution in [0.2, 0.25) is 0 Å². The number of hydrogen-bond donors (Lipinski definition) is 1. The molecule has 0 saturated heterocycles. The average molecular weight is 172 g/mol. The number of carboxylic acid groups (broad SMARTS) is 1. The molecule has 1 unspecified atom stereocenters. The fourth-order valence-corrected chi connectivity index (χ4v) is 0.775. The van der Waals surface area contributed by atoms with Crippen LogP contribution < -0.4 is 0 Å². The van der Waals surface area contributed by atoms with Gasteiger partial charge in [-0.15, -0.1) is 0 Å². The highest BCUT2D eigenvalue weighted by Gasteiger charge is 2.03. The second-order valence-electron chi connectivity index (χ2n) is 2.73. The minimum absolute atomic E-state index is 0.110. The molecule has 0 rings (SSSR count). The minimum atomic E-state index is -0.887. The van der Waals surface area contributed by atoms with Crippen molar-refractivity contribution < 1.29 is 14.6 Å². The molecule has 0 heterocycles. The molecular weight excluding hydrogens is 156 g/mol. The van der Waals surface area contributed by atoms with E-state index < -0.39 is 5.97 Å². The third-order valence-electron chi connectivity index (χ3n) is 1.41. The average Bonchev–Trinajstić information content (AvgIpc) is 2.00. The van der Waals surface area contributed by atoms with Gasteiger partial charge in [0, 0.05) is 12.2 Å². The number of rotatable bonds is 5. The molecule has 1 atom stereocenters. The molecule has 12 heavy (non-hydrogen) atoms. The number of ether oxygens (including phenoxy) is 1. The molecule has 1 N–H and O–H groups in total. The third-order valence-corrected chi connectivity index (χ3v) is 1.41. The van der Waals surface area contributed by atoms with E-state index in [2.05, 4.69) is 0 Å². The van der Waals surface area contributed by atoms with E-state index in [1.165, 1.54) is 0 Å². The zero-order chi connectivity index (χ0) is 9.56. The second kappa shape index (κ2) is 5.77. The van der Waals surface area contributed by atoms with Gasteiger partial charge in [0.1, 0.15) is 0 Å². The lowest BCUT2D eigenvalue weighted by Gasteiger charge is -2.07. The van der Waals surface area contributed by atoms with Crippen LogP contribution >= 0.6 is 0 Å². The Bertz CT molecular complexity index is 173. The first-order chi connectivity index (χ1) is 5.57. The van der Waals surface area contributed by atoms with E-state index in [1.807, 2.05) is 13.8 Å². The Morgan fingerprint density at radius 1 is 1.67 bits per heavy atom. The maximum atomic E-state index is 10.4. The molecule has 3 heteroatoms. The molecular formula is C9H16O3. The van der Waals surface area contributed by atoms with E-state index in [4.69, 9.17) is 9.84 Å². The molecule has 0 bridgehead atoms. The van der Waals surface area contributed by atoms with Crippen LogP contribution in [-0.2, 0) is 9.53 Å². The molecule has 0 amide bonds. The van der Waals surface area contributed by atoms with E-state index in [9.17, 15) is 4.79 Å². The number of aliphatic carboxylic acids is 1. The molecule has 70 valence electrons. The Kier molecular flexibility index (Phi) is 5.37. The van der Waals surface area contributed by atoms with Crippen molar-refractivity contribution in [2.45, 2.75) is 33.3 Å². The van der Waals surface area contributed by atoms with E-state index in [0.29, 0.717) is 12.2 Å². The summed E-state index contributed by atoms with van der Waals surface area (Å²) in [6, 6.07) is 0. The quantitative estimate of drug-likeness (QED) is 0.643. The predicted octanol–water partition coefficient (Wildman–Crippen LogP) is 1.83. The lowest BCUT2D eigenvalue weighted by molar-refractivity contribution is -0.132. The normalized spacial score (nSPS) is 14.4. The first-order valence-electron chi connectivity index (χ1n) is 4.11. The molecule has 0 aliphatic heterocycles. The van der Waals surface area contributed by atoms with E-state index in [1.54, 1.807) is 13.0 Å². The zero-order valence-electron chi connectivity index (χ0n) is 7.83. The van der Waals surface area contributed by atoms with Crippen molar-refractivity contribution in [2.75, 3.05) is 6.61 Å². The molecule has 0 aromatic rings. The van der Waals surface area contributed by atoms with Crippen molar-refractivity contribution >= 4 is 5.97 Å². The van der Waals surface area contributed by atoms with Crippen molar-refractivity contribution in [1.82, 2.24) is 0 Å². The lowest BCUT2D eigenvalue weighted by atomic mass is 10.2. The smallest absolute Gasteiger partial charge is 0.331 e. The largest absolute Gasteiger partial charge is 0.478 e. The summed E-state index contributed by atoms with van der Waals surface area (Å²) in [6.07, 6.45) is 2.45. The fourth-order valence-electron chi connectivity index (χ4n) is 0.775. The zero-order valence-corrected chi connectivity index (χ0v) is 7.83. The van der Waals surface area contributed by atoms with Crippen LogP contribution in [0, 0.1) is 0 Å². The van der Waals surface area contributed by atoms with Gasteiger partial charge in [0.25, 0.3) is 0 Å². The Morgan fingerprint density at radius 3 is 2.67 bits per heavy atom. The van der Waals surface area contributed by atoms with Crippen molar-refractivity contribution in [2.24, 2.45) is 0 Å². The first kappa shape index (κ1) is 11.2. The van der Waals surface area contributed by atoms with Gasteiger partial charge in [-0.25, -0.2) is 4.79 Å². The molecule has 0 aliphatic rings. The van der Waals surface area contributed by atoms with Gasteiger partial charge in [-0.3, -0.25) is 0 Å². The van der Waals surface area contributed by atoms with Crippen molar-refractivity contribution in [3.63, 3.8) is 0 Å². The van der Waals surface area contributed by atoms with Crippen molar-refractivity contribution in [1.29, 1.82) is 0 Å². The van der Waals surface area contributed by atoms with Gasteiger partial charge in [0.2, 0.25) is 0 Å². The van der Waals surface area contributed by atoms with E-state index >= 15 is 0 Å². The van der Waals surface area contributed by atoms with E-state index in [-0.39, 0.29) is 6.10 Å². The Hall–Kier alpha value is -0.830. The van der Waals surface area contributed by atoms with Crippen LogP contribution in [0.1, 0.15) is 27.2 Å². The van der Waals surface area contributed by atoms with Gasteiger partial charge in [0.15, 0.2) is 0 Å². The lowest BCUT2D eigenvalue weighted by Crippen LogP contribution is -2.08. The summed E-state index contributed by atoms with van der Waals surface area (Å²) in [5, 5.41) is 8.53. The van der Waals surface area contributed by atoms with Crippen LogP contribution in [0.25, 0.3) is 0 Å². The van der Waals surface area contributed by atoms with Crippen LogP contribution in [0.5, 0.6) is 0 Å². The van der Waals surface area contributed by atoms with Gasteiger partial charge >= 0.3 is 5.97 Å². The maximum absolute atomic E-state index is 10.4. The standard InChI is InChI=1S/C9H16O3/c1-4-5-12-8(3)6-7(2)9(10)11/h6,8H,4-5H2,1-3H3,(H,10,11)/b7-6-. The summed E-state index contributed by atoms with van der Waals surface area (Å²) in [6.45, 7) is 6.08. The molecule has 0 fully saturated rings. The summed E-state index contributed by atoms with van der Waals surface area (Å²) in [4.78, 5) is 10.4. The van der Waals surface area contributed by atoms with Gasteiger partial charge in [-0.1, -0.05) is 6.92 Å². The summed E-state index contributed by atoms with van der Waals surface area (Å²) in [5.41, 5.74) is 0.332. The first-order valence-corrected chi connectivity index (χ1v) is 4.11. The van der Waals surface area contributed by atoms with Crippen molar-refractivity contribution in [3.05, 3.63) is 11.6 Å². The maximum Gasteiger partial charge on any atom is 0.331 e. The van der Waals surface area contributed by atoms with Crippen LogP contribution in [0.4, 0.5) is 0 Å². The minimum Gasteiger partial charge on any atom is -0.478 e. The number of carbonyl (C=O) groups is 1. The molecule has 0 aromatic heterocycles. The fraction of sp³-hybridized carbons (Fsp3) is 0.667. The number of carboxylic acids is 1. The molecule has 0 aliphatic carbocycles. The van der Waals surface area contributed by atoms with Gasteiger partial charge in [0.05, 0.1) is 6.10 Å². The SMILES string of the molecule is CCCOC(C)/C=C(/C)C(=O)O. The highest BCUT2D eigenvalue weighted by molar-refractivity contribution is 5.85. The van der Waals surface area contributed by atoms with Crippen LogP contribution in [0.15, 0.2) is 11.6 Å². The summed E-state index contributed by atoms with van der Waals surface area (Å²) in [5.74, 6) is -0.887. The van der Waals surface area contributed by atoms with Gasteiger partial charge in [-0.05, 0) is 26.3 Å². The Morgan fingerprint density at radius 2 is 2.25 bits per heavy atom. The van der Waals surface area contributed by atoms with Crippen LogP contribution in [0.3, 0.4) is 0 Å². The Labute approximate surface area is 73.0 Å². The topological polar surface area (TPSA) is 46.5 Å². The third kappa shape index (κ3) is 4.91. The van der Waals surface area contributed by atoms with Gasteiger partial charge in [-0.2, -0.15) is 0 Å². The van der Waals surface area contributed by atoms with Gasteiger partial charge < -0.3 is 9.84 Å². The molecule has 0 saturated carbocycles. The molecule has 0 spiro atoms. The Balaban J connectivity index is 3.87. The monoisotopic (exact) mass is 172 g/mol. The van der Waals surface area contributed by atoms with Crippen molar-refractivity contribution in [3.8, 4) is 0 Å². The summed E-state index contributed by atoms with van der Waals surface area (Å²) in [7, 11) is 0. The number of hydrogen-bond acceptors (Lipinski definition) is 2. The second-order valence-corrected chi connectivity index (χ2v) is 2.73. The summed E-state index contributed by atoms with van der Waals surface area (Å²) < 4.78 is 5.27. The highest BCUT2D eigenvalue weighted by atomic mass is 16.5. The highest BCUT2D eigenvalue weighted by Crippen LogP contribution is 2.00. The van der Waals surface area contributed by atoms with E-state index in [0.717, 1.165) is 6.42 Å². The molecule has 0 radical (unpaired) electrons. The predicted molar refractivity (Wildman–Crippen MR) is 47.1 cm³/mol. The molecule has 3 nitrogen and oxygen atoms in total.